The first-order valence-electron chi connectivity index (χ1n) is 12.8. The summed E-state index contributed by atoms with van der Waals surface area (Å²) in [5.41, 5.74) is 1.04. The van der Waals surface area contributed by atoms with Crippen LogP contribution in [0.2, 0.25) is 0 Å². The van der Waals surface area contributed by atoms with Crippen LogP contribution in [0.25, 0.3) is 0 Å². The Kier molecular flexibility index (Phi) is 8.65. The van der Waals surface area contributed by atoms with Crippen LogP contribution in [-0.4, -0.2) is 63.4 Å². The van der Waals surface area contributed by atoms with Gasteiger partial charge in [0.2, 0.25) is 28.6 Å². The quantitative estimate of drug-likeness (QED) is 0.462. The highest BCUT2D eigenvalue weighted by Gasteiger charge is 2.32. The number of methoxy groups -OCH3 is 1. The second-order valence-corrected chi connectivity index (χ2v) is 11.7. The molecule has 0 radical (unpaired) electrons. The predicted octanol–water partition coefficient (Wildman–Crippen LogP) is 3.06. The van der Waals surface area contributed by atoms with Gasteiger partial charge in [-0.2, -0.15) is 0 Å². The number of hydrogen-bond donors (Lipinski definition) is 1. The number of ether oxygens (including phenoxy) is 3. The monoisotopic (exact) mass is 545 g/mol. The molecule has 1 aliphatic carbocycles. The number of fused-ring (bicyclic) bond motifs is 1. The molecule has 0 unspecified atom stereocenters. The Balaban J connectivity index is 1.62. The Morgan fingerprint density at radius 3 is 2.55 bits per heavy atom. The molecule has 2 aliphatic rings. The Bertz CT molecular complexity index is 1260. The second kappa shape index (κ2) is 11.9. The molecule has 206 valence electrons. The van der Waals surface area contributed by atoms with Gasteiger partial charge in [0.05, 0.1) is 18.6 Å². The summed E-state index contributed by atoms with van der Waals surface area (Å²) < 4.78 is 43.4. The van der Waals surface area contributed by atoms with Crippen molar-refractivity contribution in [3.05, 3.63) is 48.0 Å². The largest absolute Gasteiger partial charge is 0.497 e. The van der Waals surface area contributed by atoms with E-state index in [-0.39, 0.29) is 36.7 Å². The molecule has 0 bridgehead atoms. The average Bonchev–Trinajstić information content (AvgIpc) is 3.61. The lowest BCUT2D eigenvalue weighted by Gasteiger charge is -2.32. The maximum atomic E-state index is 13.8. The summed E-state index contributed by atoms with van der Waals surface area (Å²) in [6.07, 6.45) is 3.94. The highest BCUT2D eigenvalue weighted by molar-refractivity contribution is 7.92. The lowest BCUT2D eigenvalue weighted by Crippen LogP contribution is -2.52. The number of nitrogens with zero attached hydrogens (tertiary/aromatic N) is 2. The molecule has 10 nitrogen and oxygen atoms in total. The van der Waals surface area contributed by atoms with Crippen LogP contribution in [0.3, 0.4) is 0 Å². The molecule has 38 heavy (non-hydrogen) atoms. The van der Waals surface area contributed by atoms with Gasteiger partial charge in [-0.05, 0) is 56.5 Å². The fourth-order valence-electron chi connectivity index (χ4n) is 4.70. The van der Waals surface area contributed by atoms with Gasteiger partial charge in [-0.3, -0.25) is 13.9 Å². The van der Waals surface area contributed by atoms with Gasteiger partial charge >= 0.3 is 0 Å². The first-order chi connectivity index (χ1) is 18.2. The van der Waals surface area contributed by atoms with E-state index in [0.717, 1.165) is 35.6 Å². The molecule has 1 fully saturated rings. The van der Waals surface area contributed by atoms with E-state index in [2.05, 4.69) is 5.32 Å². The van der Waals surface area contributed by atoms with Crippen molar-refractivity contribution in [1.29, 1.82) is 0 Å². The molecule has 4 rings (SSSR count). The van der Waals surface area contributed by atoms with Gasteiger partial charge in [0.15, 0.2) is 11.5 Å². The highest BCUT2D eigenvalue weighted by Crippen LogP contribution is 2.36. The van der Waals surface area contributed by atoms with Crippen molar-refractivity contribution in [2.24, 2.45) is 0 Å². The van der Waals surface area contributed by atoms with E-state index in [1.165, 1.54) is 11.8 Å². The van der Waals surface area contributed by atoms with E-state index < -0.39 is 28.5 Å². The third-order valence-electron chi connectivity index (χ3n) is 6.98. The summed E-state index contributed by atoms with van der Waals surface area (Å²) >= 11 is 0. The lowest BCUT2D eigenvalue weighted by molar-refractivity contribution is -0.139. The smallest absolute Gasteiger partial charge is 0.244 e. The van der Waals surface area contributed by atoms with E-state index >= 15 is 0 Å². The van der Waals surface area contributed by atoms with Gasteiger partial charge in [0.1, 0.15) is 18.3 Å². The zero-order chi connectivity index (χ0) is 27.3. The fraction of sp³-hybridized carbons (Fsp3) is 0.481. The maximum Gasteiger partial charge on any atom is 0.244 e. The van der Waals surface area contributed by atoms with Crippen molar-refractivity contribution < 1.29 is 32.2 Å². The average molecular weight is 546 g/mol. The van der Waals surface area contributed by atoms with E-state index in [0.29, 0.717) is 17.2 Å². The van der Waals surface area contributed by atoms with Gasteiger partial charge in [0.25, 0.3) is 0 Å². The standard InChI is InChI=1S/C27H35N3O7S/c1-4-38(33,34)30(22-12-13-24-25(15-22)37-18-36-24)17-26(31)29(16-20-8-7-11-23(14-20)35-3)19(2)27(32)28-21-9-5-6-10-21/h7-8,11-15,19,21H,4-6,9-10,16-18H2,1-3H3,(H,28,32)/t19-/m1/s1. The second-order valence-electron chi connectivity index (χ2n) is 9.48. The summed E-state index contributed by atoms with van der Waals surface area (Å²) in [5, 5.41) is 3.06. The summed E-state index contributed by atoms with van der Waals surface area (Å²) in [6, 6.07) is 11.2. The molecule has 1 atom stereocenters. The SMILES string of the molecule is CCS(=O)(=O)N(CC(=O)N(Cc1cccc(OC)c1)[C@H](C)C(=O)NC1CCCC1)c1ccc2c(c1)OCO2. The van der Waals surface area contributed by atoms with Gasteiger partial charge < -0.3 is 24.4 Å². The number of anilines is 1. The maximum absolute atomic E-state index is 13.8. The van der Waals surface area contributed by atoms with Crippen LogP contribution in [0.4, 0.5) is 5.69 Å². The number of hydrogen-bond acceptors (Lipinski definition) is 7. The molecule has 2 aromatic rings. The normalized spacial score (nSPS) is 15.7. The van der Waals surface area contributed by atoms with Gasteiger partial charge in [-0.25, -0.2) is 8.42 Å². The molecule has 2 amide bonds. The molecule has 0 saturated heterocycles. The molecule has 0 aromatic heterocycles. The van der Waals surface area contributed by atoms with Gasteiger partial charge in [-0.1, -0.05) is 25.0 Å². The minimum Gasteiger partial charge on any atom is -0.497 e. The zero-order valence-electron chi connectivity index (χ0n) is 22.0. The van der Waals surface area contributed by atoms with Crippen LogP contribution in [0.1, 0.15) is 45.1 Å². The van der Waals surface area contributed by atoms with Gasteiger partial charge in [0, 0.05) is 18.7 Å². The minimum atomic E-state index is -3.84. The number of amides is 2. The molecule has 11 heteroatoms. The number of benzene rings is 2. The van der Waals surface area contributed by atoms with E-state index in [1.807, 2.05) is 6.07 Å². The fourth-order valence-corrected chi connectivity index (χ4v) is 5.76. The molecular formula is C27H35N3O7S. The summed E-state index contributed by atoms with van der Waals surface area (Å²) in [6.45, 7) is 2.87. The third-order valence-corrected chi connectivity index (χ3v) is 8.72. The van der Waals surface area contributed by atoms with E-state index in [9.17, 15) is 18.0 Å². The van der Waals surface area contributed by atoms with Crippen LogP contribution in [0, 0.1) is 0 Å². The van der Waals surface area contributed by atoms with E-state index in [4.69, 9.17) is 14.2 Å². The van der Waals surface area contributed by atoms with Crippen LogP contribution >= 0.6 is 0 Å². The molecule has 1 heterocycles. The molecule has 1 aliphatic heterocycles. The third kappa shape index (κ3) is 6.32. The van der Waals surface area contributed by atoms with Crippen molar-refractivity contribution in [2.45, 2.75) is 58.2 Å². The summed E-state index contributed by atoms with van der Waals surface area (Å²) in [7, 11) is -2.28. The van der Waals surface area contributed by atoms with Crippen LogP contribution in [0.5, 0.6) is 17.2 Å². The number of carbonyl (C=O) groups excluding carboxylic acids is 2. The molecule has 0 spiro atoms. The predicted molar refractivity (Wildman–Crippen MR) is 143 cm³/mol. The van der Waals surface area contributed by atoms with E-state index in [1.54, 1.807) is 50.4 Å². The summed E-state index contributed by atoms with van der Waals surface area (Å²) in [4.78, 5) is 28.4. The Morgan fingerprint density at radius 1 is 1.11 bits per heavy atom. The number of nitrogens with one attached hydrogen (secondary N) is 1. The Morgan fingerprint density at radius 2 is 1.84 bits per heavy atom. The molecule has 1 N–H and O–H groups in total. The molecule has 2 aromatic carbocycles. The van der Waals surface area contributed by atoms with Crippen molar-refractivity contribution in [2.75, 3.05) is 30.5 Å². The summed E-state index contributed by atoms with van der Waals surface area (Å²) in [5.74, 6) is 0.559. The van der Waals surface area contributed by atoms with Crippen molar-refractivity contribution in [3.63, 3.8) is 0 Å². The van der Waals surface area contributed by atoms with Crippen LogP contribution in [0.15, 0.2) is 42.5 Å². The first-order valence-corrected chi connectivity index (χ1v) is 14.5. The van der Waals surface area contributed by atoms with Crippen LogP contribution < -0.4 is 23.8 Å². The van der Waals surface area contributed by atoms with Crippen LogP contribution in [-0.2, 0) is 26.2 Å². The van der Waals surface area contributed by atoms with Crippen molar-refractivity contribution >= 4 is 27.5 Å². The minimum absolute atomic E-state index is 0.0418. The topological polar surface area (TPSA) is 114 Å². The number of sulfonamides is 1. The van der Waals surface area contributed by atoms with Gasteiger partial charge in [-0.15, -0.1) is 0 Å². The zero-order valence-corrected chi connectivity index (χ0v) is 22.8. The Hall–Kier alpha value is -3.47. The Labute approximate surface area is 223 Å². The lowest BCUT2D eigenvalue weighted by atomic mass is 10.1. The number of rotatable bonds is 11. The first kappa shape index (κ1) is 27.6. The highest BCUT2D eigenvalue weighted by atomic mass is 32.2. The van der Waals surface area contributed by atoms with Crippen molar-refractivity contribution in [3.8, 4) is 17.2 Å². The van der Waals surface area contributed by atoms with Crippen molar-refractivity contribution in [1.82, 2.24) is 10.2 Å². The molecular weight excluding hydrogens is 510 g/mol. The molecule has 1 saturated carbocycles. The number of carbonyl (C=O) groups is 2.